The predicted molar refractivity (Wildman–Crippen MR) is 114 cm³/mol. The van der Waals surface area contributed by atoms with Crippen molar-refractivity contribution in [3.63, 3.8) is 0 Å². The minimum atomic E-state index is -3.58. The van der Waals surface area contributed by atoms with Crippen LogP contribution in [-0.2, 0) is 26.0 Å². The largest absolute Gasteiger partial charge is 0.340 e. The van der Waals surface area contributed by atoms with Gasteiger partial charge in [-0.25, -0.2) is 8.42 Å². The van der Waals surface area contributed by atoms with Crippen molar-refractivity contribution in [1.82, 2.24) is 9.21 Å². The van der Waals surface area contributed by atoms with Crippen LogP contribution in [0.15, 0.2) is 57.9 Å². The molecule has 0 unspecified atom stereocenters. The zero-order valence-electron chi connectivity index (χ0n) is 16.0. The molecule has 1 aliphatic rings. The number of hydrogen-bond donors (Lipinski definition) is 1. The molecule has 154 valence electrons. The molecular formula is C20H22BrN3O4S. The molecule has 2 aromatic carbocycles. The quantitative estimate of drug-likeness (QED) is 0.713. The van der Waals surface area contributed by atoms with Crippen LogP contribution in [-0.4, -0.2) is 55.6 Å². The van der Waals surface area contributed by atoms with Crippen LogP contribution in [0.1, 0.15) is 12.5 Å². The van der Waals surface area contributed by atoms with Gasteiger partial charge in [-0.3, -0.25) is 9.59 Å². The van der Waals surface area contributed by atoms with Crippen molar-refractivity contribution in [3.8, 4) is 0 Å². The summed E-state index contributed by atoms with van der Waals surface area (Å²) in [7, 11) is -3.58. The summed E-state index contributed by atoms with van der Waals surface area (Å²) in [5, 5.41) is 2.68. The lowest BCUT2D eigenvalue weighted by atomic mass is 10.1. The number of halogens is 1. The topological polar surface area (TPSA) is 86.8 Å². The second-order valence-electron chi connectivity index (χ2n) is 6.80. The molecular weight excluding hydrogens is 458 g/mol. The van der Waals surface area contributed by atoms with Gasteiger partial charge in [0.1, 0.15) is 0 Å². The van der Waals surface area contributed by atoms with E-state index in [0.717, 1.165) is 5.56 Å². The molecule has 0 atom stereocenters. The van der Waals surface area contributed by atoms with Crippen molar-refractivity contribution in [2.45, 2.75) is 18.2 Å². The number of rotatable bonds is 5. The van der Waals surface area contributed by atoms with Gasteiger partial charge >= 0.3 is 0 Å². The molecule has 0 saturated carbocycles. The molecule has 2 amide bonds. The van der Waals surface area contributed by atoms with Gasteiger partial charge < -0.3 is 10.2 Å². The van der Waals surface area contributed by atoms with Crippen LogP contribution in [0, 0.1) is 0 Å². The highest BCUT2D eigenvalue weighted by Gasteiger charge is 2.30. The number of nitrogens with zero attached hydrogens (tertiary/aromatic N) is 2. The second kappa shape index (κ2) is 9.06. The molecule has 0 radical (unpaired) electrons. The molecule has 1 N–H and O–H groups in total. The van der Waals surface area contributed by atoms with Crippen molar-refractivity contribution in [2.24, 2.45) is 0 Å². The van der Waals surface area contributed by atoms with E-state index in [1.54, 1.807) is 53.4 Å². The second-order valence-corrected chi connectivity index (χ2v) is 9.65. The third-order valence-corrected chi connectivity index (χ3v) is 7.04. The van der Waals surface area contributed by atoms with Crippen LogP contribution in [0.2, 0.25) is 0 Å². The van der Waals surface area contributed by atoms with E-state index in [1.165, 1.54) is 11.2 Å². The lowest BCUT2D eigenvalue weighted by Gasteiger charge is -2.34. The monoisotopic (exact) mass is 479 g/mol. The van der Waals surface area contributed by atoms with Gasteiger partial charge in [-0.1, -0.05) is 34.1 Å². The summed E-state index contributed by atoms with van der Waals surface area (Å²) in [5.74, 6) is -0.193. The Bertz CT molecular complexity index is 1000. The molecule has 2 aromatic rings. The summed E-state index contributed by atoms with van der Waals surface area (Å²) in [5.41, 5.74) is 1.52. The van der Waals surface area contributed by atoms with E-state index >= 15 is 0 Å². The van der Waals surface area contributed by atoms with Crippen LogP contribution in [0.25, 0.3) is 0 Å². The summed E-state index contributed by atoms with van der Waals surface area (Å²) < 4.78 is 27.7. The maximum atomic E-state index is 12.8. The van der Waals surface area contributed by atoms with Gasteiger partial charge in [0.15, 0.2) is 0 Å². The number of carbonyl (C=O) groups excluding carboxylic acids is 2. The molecule has 0 spiro atoms. The smallest absolute Gasteiger partial charge is 0.243 e. The zero-order chi connectivity index (χ0) is 21.0. The van der Waals surface area contributed by atoms with E-state index in [4.69, 9.17) is 0 Å². The van der Waals surface area contributed by atoms with Gasteiger partial charge in [0.25, 0.3) is 0 Å². The van der Waals surface area contributed by atoms with Crippen LogP contribution in [0.5, 0.6) is 0 Å². The number of hydrogen-bond acceptors (Lipinski definition) is 4. The van der Waals surface area contributed by atoms with Crippen molar-refractivity contribution >= 4 is 43.5 Å². The Morgan fingerprint density at radius 1 is 1.03 bits per heavy atom. The van der Waals surface area contributed by atoms with E-state index < -0.39 is 10.0 Å². The third-order valence-electron chi connectivity index (χ3n) is 4.65. The Morgan fingerprint density at radius 2 is 1.69 bits per heavy atom. The molecule has 7 nitrogen and oxygen atoms in total. The van der Waals surface area contributed by atoms with Gasteiger partial charge in [0.2, 0.25) is 21.8 Å². The molecule has 3 rings (SSSR count). The number of sulfonamides is 1. The van der Waals surface area contributed by atoms with Crippen LogP contribution in [0.4, 0.5) is 5.69 Å². The first kappa shape index (κ1) is 21.5. The summed E-state index contributed by atoms with van der Waals surface area (Å²) in [6.45, 7) is 2.68. The lowest BCUT2D eigenvalue weighted by Crippen LogP contribution is -2.50. The normalized spacial score (nSPS) is 15.2. The highest BCUT2D eigenvalue weighted by Crippen LogP contribution is 2.21. The van der Waals surface area contributed by atoms with Gasteiger partial charge in [0, 0.05) is 43.3 Å². The van der Waals surface area contributed by atoms with Crippen molar-refractivity contribution in [3.05, 3.63) is 58.6 Å². The number of anilines is 1. The first-order valence-electron chi connectivity index (χ1n) is 9.16. The zero-order valence-corrected chi connectivity index (χ0v) is 18.4. The molecule has 1 heterocycles. The van der Waals surface area contributed by atoms with Crippen molar-refractivity contribution in [1.29, 1.82) is 0 Å². The van der Waals surface area contributed by atoms with E-state index in [9.17, 15) is 18.0 Å². The Kier molecular flexibility index (Phi) is 6.71. The fourth-order valence-corrected chi connectivity index (χ4v) is 5.17. The highest BCUT2D eigenvalue weighted by molar-refractivity contribution is 9.10. The SMILES string of the molecule is CC(=O)Nc1ccc(CC(=O)N2CCN(S(=O)(=O)c3cccc(Br)c3)CC2)cc1. The number of piperazine rings is 1. The summed E-state index contributed by atoms with van der Waals surface area (Å²) in [6, 6.07) is 13.7. The molecule has 29 heavy (non-hydrogen) atoms. The van der Waals surface area contributed by atoms with Crippen LogP contribution in [0.3, 0.4) is 0 Å². The van der Waals surface area contributed by atoms with Gasteiger partial charge in [-0.2, -0.15) is 4.31 Å². The predicted octanol–water partition coefficient (Wildman–Crippen LogP) is 2.48. The molecule has 9 heteroatoms. The third kappa shape index (κ3) is 5.43. The molecule has 0 bridgehead atoms. The van der Waals surface area contributed by atoms with Crippen LogP contribution < -0.4 is 5.32 Å². The number of benzene rings is 2. The fraction of sp³-hybridized carbons (Fsp3) is 0.300. The van der Waals surface area contributed by atoms with E-state index in [2.05, 4.69) is 21.2 Å². The Balaban J connectivity index is 1.57. The minimum absolute atomic E-state index is 0.0446. The maximum Gasteiger partial charge on any atom is 0.243 e. The maximum absolute atomic E-state index is 12.8. The van der Waals surface area contributed by atoms with Gasteiger partial charge in [-0.15, -0.1) is 0 Å². The fourth-order valence-electron chi connectivity index (χ4n) is 3.15. The number of amides is 2. The molecule has 1 fully saturated rings. The van der Waals surface area contributed by atoms with E-state index in [0.29, 0.717) is 23.2 Å². The van der Waals surface area contributed by atoms with Crippen LogP contribution >= 0.6 is 15.9 Å². The standard InChI is InChI=1S/C20H22BrN3O4S/c1-15(25)22-18-7-5-16(6-8-18)13-20(26)23-9-11-24(12-10-23)29(27,28)19-4-2-3-17(21)14-19/h2-8,14H,9-13H2,1H3,(H,22,25). The Hall–Kier alpha value is -2.23. The Labute approximate surface area is 178 Å². The van der Waals surface area contributed by atoms with E-state index in [1.807, 2.05) is 0 Å². The highest BCUT2D eigenvalue weighted by atomic mass is 79.9. The minimum Gasteiger partial charge on any atom is -0.340 e. The van der Waals surface area contributed by atoms with E-state index in [-0.39, 0.29) is 36.2 Å². The Morgan fingerprint density at radius 3 is 2.28 bits per heavy atom. The number of nitrogens with one attached hydrogen (secondary N) is 1. The molecule has 1 saturated heterocycles. The van der Waals surface area contributed by atoms with Crippen molar-refractivity contribution < 1.29 is 18.0 Å². The average molecular weight is 480 g/mol. The van der Waals surface area contributed by atoms with Gasteiger partial charge in [-0.05, 0) is 35.9 Å². The first-order valence-corrected chi connectivity index (χ1v) is 11.4. The van der Waals surface area contributed by atoms with Gasteiger partial charge in [0.05, 0.1) is 11.3 Å². The van der Waals surface area contributed by atoms with Crippen molar-refractivity contribution in [2.75, 3.05) is 31.5 Å². The molecule has 0 aliphatic carbocycles. The molecule has 0 aromatic heterocycles. The lowest BCUT2D eigenvalue weighted by molar-refractivity contribution is -0.131. The summed E-state index contributed by atoms with van der Waals surface area (Å²) in [4.78, 5) is 25.6. The first-order chi connectivity index (χ1) is 13.8. The average Bonchev–Trinajstić information content (AvgIpc) is 2.69. The summed E-state index contributed by atoms with van der Waals surface area (Å²) >= 11 is 3.30. The summed E-state index contributed by atoms with van der Waals surface area (Å²) in [6.07, 6.45) is 0.235. The molecule has 1 aliphatic heterocycles. The number of carbonyl (C=O) groups is 2.